The maximum atomic E-state index is 13.7. The number of amides is 2. The van der Waals surface area contributed by atoms with Crippen LogP contribution in [0.5, 0.6) is 0 Å². The fourth-order valence-corrected chi connectivity index (χ4v) is 2.88. The monoisotopic (exact) mass is 428 g/mol. The molecule has 0 radical (unpaired) electrons. The van der Waals surface area contributed by atoms with Crippen molar-refractivity contribution < 1.29 is 14.0 Å². The molecular weight excluding hydrogens is 411 g/mol. The van der Waals surface area contributed by atoms with Crippen LogP contribution in [0.15, 0.2) is 59.4 Å². The van der Waals surface area contributed by atoms with Crippen LogP contribution in [0.25, 0.3) is 16.9 Å². The van der Waals surface area contributed by atoms with E-state index < -0.39 is 29.2 Å². The number of carbonyl (C=O) groups excluding carboxylic acids is 2. The summed E-state index contributed by atoms with van der Waals surface area (Å²) in [6.45, 7) is 1.49. The van der Waals surface area contributed by atoms with Crippen LogP contribution in [0.3, 0.4) is 0 Å². The molecule has 0 aliphatic carbocycles. The van der Waals surface area contributed by atoms with E-state index in [1.165, 1.54) is 38.2 Å². The van der Waals surface area contributed by atoms with Gasteiger partial charge in [-0.2, -0.15) is 9.78 Å². The number of hydrogen-bond donors (Lipinski definition) is 2. The smallest absolute Gasteiger partial charge is 0.284 e. The Morgan fingerprint density at radius 1 is 1.13 bits per heavy atom. The van der Waals surface area contributed by atoms with Gasteiger partial charge in [-0.3, -0.25) is 14.4 Å². The Hall–Kier alpha value is -3.52. The van der Waals surface area contributed by atoms with Gasteiger partial charge in [0, 0.05) is 17.6 Å². The highest BCUT2D eigenvalue weighted by molar-refractivity contribution is 6.30. The normalized spacial score (nSPS) is 11.6. The van der Waals surface area contributed by atoms with Crippen LogP contribution in [0.1, 0.15) is 17.3 Å². The van der Waals surface area contributed by atoms with Crippen molar-refractivity contribution in [2.75, 3.05) is 7.05 Å². The summed E-state index contributed by atoms with van der Waals surface area (Å²) in [5.74, 6) is -1.73. The highest BCUT2D eigenvalue weighted by atomic mass is 35.5. The Balaban J connectivity index is 2.15. The average molecular weight is 429 g/mol. The van der Waals surface area contributed by atoms with E-state index in [0.29, 0.717) is 16.3 Å². The Bertz CT molecular complexity index is 1160. The number of nitrogens with zero attached hydrogens (tertiary/aromatic N) is 2. The van der Waals surface area contributed by atoms with Crippen molar-refractivity contribution in [2.45, 2.75) is 13.0 Å². The molecule has 1 atom stereocenters. The quantitative estimate of drug-likeness (QED) is 0.653. The summed E-state index contributed by atoms with van der Waals surface area (Å²) in [5.41, 5.74) is 0.0605. The fraction of sp³-hybridized carbons (Fsp3) is 0.143. The van der Waals surface area contributed by atoms with Crippen LogP contribution < -0.4 is 16.2 Å². The lowest BCUT2D eigenvalue weighted by Crippen LogP contribution is -2.45. The number of halogens is 2. The lowest BCUT2D eigenvalue weighted by Gasteiger charge is -2.14. The average Bonchev–Trinajstić information content (AvgIpc) is 2.73. The van der Waals surface area contributed by atoms with E-state index in [9.17, 15) is 18.8 Å². The molecule has 30 heavy (non-hydrogen) atoms. The third-order valence-electron chi connectivity index (χ3n) is 4.34. The van der Waals surface area contributed by atoms with E-state index in [4.69, 9.17) is 11.6 Å². The predicted octanol–water partition coefficient (Wildman–Crippen LogP) is 2.56. The minimum absolute atomic E-state index is 0.157. The molecule has 3 rings (SSSR count). The van der Waals surface area contributed by atoms with Crippen molar-refractivity contribution in [2.24, 2.45) is 0 Å². The number of aromatic nitrogens is 2. The summed E-state index contributed by atoms with van der Waals surface area (Å²) < 4.78 is 14.7. The standard InChI is InChI=1S/C21H18ClFN4O3/c1-12(19(28)24-2)25-20(29)17-11-18(13-6-8-14(22)9-7-13)26-27(21(17)30)16-5-3-4-15(23)10-16/h3-12H,1-2H3,(H,24,28)(H,25,29)/t12-/m0/s1. The largest absolute Gasteiger partial charge is 0.357 e. The van der Waals surface area contributed by atoms with E-state index in [1.54, 1.807) is 24.3 Å². The van der Waals surface area contributed by atoms with Gasteiger partial charge in [0.15, 0.2) is 0 Å². The minimum atomic E-state index is -0.864. The highest BCUT2D eigenvalue weighted by Crippen LogP contribution is 2.20. The third kappa shape index (κ3) is 4.55. The Morgan fingerprint density at radius 3 is 2.47 bits per heavy atom. The van der Waals surface area contributed by atoms with Crippen molar-refractivity contribution in [3.8, 4) is 16.9 Å². The summed E-state index contributed by atoms with van der Waals surface area (Å²) >= 11 is 5.93. The van der Waals surface area contributed by atoms with Crippen LogP contribution in [-0.4, -0.2) is 34.7 Å². The van der Waals surface area contributed by atoms with E-state index in [-0.39, 0.29) is 11.3 Å². The van der Waals surface area contributed by atoms with Crippen LogP contribution >= 0.6 is 11.6 Å². The summed E-state index contributed by atoms with van der Waals surface area (Å²) in [4.78, 5) is 37.5. The first-order valence-electron chi connectivity index (χ1n) is 8.99. The topological polar surface area (TPSA) is 93.1 Å². The molecule has 0 saturated carbocycles. The lowest BCUT2D eigenvalue weighted by molar-refractivity contribution is -0.122. The van der Waals surface area contributed by atoms with Gasteiger partial charge in [0.2, 0.25) is 5.91 Å². The molecule has 1 heterocycles. The van der Waals surface area contributed by atoms with E-state index in [1.807, 2.05) is 0 Å². The molecule has 3 aromatic rings. The van der Waals surface area contributed by atoms with Gasteiger partial charge in [-0.05, 0) is 43.3 Å². The number of benzene rings is 2. The number of nitrogens with one attached hydrogen (secondary N) is 2. The molecule has 0 bridgehead atoms. The lowest BCUT2D eigenvalue weighted by atomic mass is 10.1. The van der Waals surface area contributed by atoms with Crippen molar-refractivity contribution in [3.63, 3.8) is 0 Å². The maximum absolute atomic E-state index is 13.7. The summed E-state index contributed by atoms with van der Waals surface area (Å²) in [5, 5.41) is 9.70. The van der Waals surface area contributed by atoms with Gasteiger partial charge in [0.05, 0.1) is 11.4 Å². The first kappa shape index (κ1) is 21.2. The highest BCUT2D eigenvalue weighted by Gasteiger charge is 2.21. The van der Waals surface area contributed by atoms with Gasteiger partial charge < -0.3 is 10.6 Å². The molecule has 2 aromatic carbocycles. The second-order valence-corrected chi connectivity index (χ2v) is 6.89. The molecule has 7 nitrogen and oxygen atoms in total. The maximum Gasteiger partial charge on any atom is 0.284 e. The van der Waals surface area contributed by atoms with Crippen molar-refractivity contribution >= 4 is 23.4 Å². The minimum Gasteiger partial charge on any atom is -0.357 e. The van der Waals surface area contributed by atoms with Gasteiger partial charge in [0.1, 0.15) is 17.4 Å². The molecule has 0 saturated heterocycles. The fourth-order valence-electron chi connectivity index (χ4n) is 2.76. The van der Waals surface area contributed by atoms with E-state index >= 15 is 0 Å². The molecule has 0 aliphatic rings. The van der Waals surface area contributed by atoms with Crippen molar-refractivity contribution in [1.82, 2.24) is 20.4 Å². The second kappa shape index (κ2) is 8.87. The number of likely N-dealkylation sites (N-methyl/N-ethyl adjacent to an activating group) is 1. The molecule has 1 aromatic heterocycles. The van der Waals surface area contributed by atoms with Crippen LogP contribution in [0.2, 0.25) is 5.02 Å². The number of rotatable bonds is 5. The van der Waals surface area contributed by atoms with Gasteiger partial charge in [-0.25, -0.2) is 4.39 Å². The summed E-state index contributed by atoms with van der Waals surface area (Å²) in [7, 11) is 1.44. The molecule has 2 N–H and O–H groups in total. The SMILES string of the molecule is CNC(=O)[C@H](C)NC(=O)c1cc(-c2ccc(Cl)cc2)nn(-c2cccc(F)c2)c1=O. The second-order valence-electron chi connectivity index (χ2n) is 6.46. The summed E-state index contributed by atoms with van der Waals surface area (Å²) in [6.07, 6.45) is 0. The Labute approximate surface area is 176 Å². The first-order valence-corrected chi connectivity index (χ1v) is 9.36. The third-order valence-corrected chi connectivity index (χ3v) is 4.59. The van der Waals surface area contributed by atoms with E-state index in [0.717, 1.165) is 10.7 Å². The van der Waals surface area contributed by atoms with Gasteiger partial charge in [0.25, 0.3) is 11.5 Å². The van der Waals surface area contributed by atoms with Crippen LogP contribution in [-0.2, 0) is 4.79 Å². The molecule has 2 amide bonds. The number of carbonyl (C=O) groups is 2. The van der Waals surface area contributed by atoms with Crippen molar-refractivity contribution in [1.29, 1.82) is 0 Å². The zero-order valence-electron chi connectivity index (χ0n) is 16.1. The van der Waals surface area contributed by atoms with Crippen LogP contribution in [0.4, 0.5) is 4.39 Å². The Kier molecular flexibility index (Phi) is 6.27. The first-order chi connectivity index (χ1) is 14.3. The van der Waals surface area contributed by atoms with Crippen LogP contribution in [0, 0.1) is 5.82 Å². The molecular formula is C21H18ClFN4O3. The van der Waals surface area contributed by atoms with Gasteiger partial charge in [-0.1, -0.05) is 29.8 Å². The van der Waals surface area contributed by atoms with Crippen molar-refractivity contribution in [3.05, 3.63) is 81.4 Å². The van der Waals surface area contributed by atoms with Gasteiger partial charge in [-0.15, -0.1) is 0 Å². The molecule has 0 spiro atoms. The molecule has 9 heteroatoms. The predicted molar refractivity (Wildman–Crippen MR) is 111 cm³/mol. The molecule has 0 unspecified atom stereocenters. The van der Waals surface area contributed by atoms with Gasteiger partial charge >= 0.3 is 0 Å². The molecule has 154 valence electrons. The Morgan fingerprint density at radius 2 is 1.83 bits per heavy atom. The molecule has 0 aliphatic heterocycles. The zero-order chi connectivity index (χ0) is 21.8. The number of hydrogen-bond acceptors (Lipinski definition) is 4. The summed E-state index contributed by atoms with van der Waals surface area (Å²) in [6, 6.07) is 12.4. The zero-order valence-corrected chi connectivity index (χ0v) is 16.9. The molecule has 0 fully saturated rings. The van der Waals surface area contributed by atoms with E-state index in [2.05, 4.69) is 15.7 Å².